The second kappa shape index (κ2) is 5.92. The van der Waals surface area contributed by atoms with Crippen LogP contribution >= 0.6 is 0 Å². The number of alkyl halides is 1. The zero-order valence-electron chi connectivity index (χ0n) is 16.2. The molecule has 2 aromatic heterocycles. The van der Waals surface area contributed by atoms with E-state index in [1.165, 1.54) is 0 Å². The van der Waals surface area contributed by atoms with Gasteiger partial charge in [0.2, 0.25) is 0 Å². The molecular formula is C20H27FN4O2. The Bertz CT molecular complexity index is 866. The first-order chi connectivity index (χ1) is 12.6. The molecule has 1 amide bonds. The Labute approximate surface area is 158 Å². The second-order valence-electron chi connectivity index (χ2n) is 9.26. The van der Waals surface area contributed by atoms with Crippen LogP contribution < -0.4 is 5.73 Å². The molecule has 0 unspecified atom stereocenters. The molecule has 0 radical (unpaired) electrons. The Balaban J connectivity index is 1.53. The summed E-state index contributed by atoms with van der Waals surface area (Å²) >= 11 is 0. The summed E-state index contributed by atoms with van der Waals surface area (Å²) in [7, 11) is 0. The molecule has 2 aromatic rings. The van der Waals surface area contributed by atoms with Gasteiger partial charge in [-0.1, -0.05) is 6.07 Å². The summed E-state index contributed by atoms with van der Waals surface area (Å²) in [5.74, 6) is 0. The van der Waals surface area contributed by atoms with Gasteiger partial charge in [-0.3, -0.25) is 0 Å². The largest absolute Gasteiger partial charge is 0.444 e. The van der Waals surface area contributed by atoms with Crippen molar-refractivity contribution in [2.75, 3.05) is 6.54 Å². The third-order valence-electron chi connectivity index (χ3n) is 5.40. The highest BCUT2D eigenvalue weighted by atomic mass is 19.1. The van der Waals surface area contributed by atoms with E-state index in [-0.39, 0.29) is 11.5 Å². The van der Waals surface area contributed by atoms with Crippen molar-refractivity contribution < 1.29 is 13.9 Å². The Hall–Kier alpha value is -2.15. The van der Waals surface area contributed by atoms with E-state index < -0.39 is 11.3 Å². The lowest BCUT2D eigenvalue weighted by Crippen LogP contribution is -2.68. The van der Waals surface area contributed by atoms with Crippen LogP contribution in [-0.2, 0) is 17.8 Å². The summed E-state index contributed by atoms with van der Waals surface area (Å²) in [6.45, 7) is 6.89. The first kappa shape index (κ1) is 18.2. The number of hydrogen-bond acceptors (Lipinski definition) is 4. The number of carbonyl (C=O) groups excluding carboxylic acids is 1. The van der Waals surface area contributed by atoms with Crippen LogP contribution in [0.25, 0.3) is 5.65 Å². The van der Waals surface area contributed by atoms with Crippen LogP contribution in [0.15, 0.2) is 24.5 Å². The molecule has 3 aliphatic carbocycles. The van der Waals surface area contributed by atoms with Crippen LogP contribution in [0.5, 0.6) is 0 Å². The summed E-state index contributed by atoms with van der Waals surface area (Å²) in [5.41, 5.74) is 6.65. The molecule has 146 valence electrons. The zero-order valence-corrected chi connectivity index (χ0v) is 16.2. The predicted octanol–water partition coefficient (Wildman–Crippen LogP) is 3.42. The van der Waals surface area contributed by atoms with Crippen LogP contribution in [0.3, 0.4) is 0 Å². The monoisotopic (exact) mass is 374 g/mol. The standard InChI is InChI=1S/C20H27FN4O2/c1-18(2,3)27-17(26)25(13-19-10-20(21,11-19)12-19)8-14-4-5-16-23-15(6-22)9-24(16)7-14/h4-5,7,9H,6,8,10-13,22H2,1-3H3. The number of fused-ring (bicyclic) bond motifs is 1. The number of halogens is 1. The van der Waals surface area contributed by atoms with Crippen molar-refractivity contribution in [2.45, 2.75) is 64.4 Å². The number of imidazole rings is 1. The number of aromatic nitrogens is 2. The lowest BCUT2D eigenvalue weighted by molar-refractivity contribution is -0.220. The molecule has 3 aliphatic rings. The molecule has 3 fully saturated rings. The summed E-state index contributed by atoms with van der Waals surface area (Å²) in [6.07, 6.45) is 5.16. The highest BCUT2D eigenvalue weighted by Gasteiger charge is 2.69. The third-order valence-corrected chi connectivity index (χ3v) is 5.40. The van der Waals surface area contributed by atoms with Gasteiger partial charge in [0.05, 0.1) is 12.2 Å². The lowest BCUT2D eigenvalue weighted by Gasteiger charge is -2.66. The van der Waals surface area contributed by atoms with Crippen LogP contribution in [-0.4, -0.2) is 38.2 Å². The average molecular weight is 374 g/mol. The van der Waals surface area contributed by atoms with Gasteiger partial charge in [-0.25, -0.2) is 14.2 Å². The second-order valence-corrected chi connectivity index (χ2v) is 9.26. The quantitative estimate of drug-likeness (QED) is 0.870. The molecule has 27 heavy (non-hydrogen) atoms. The highest BCUT2D eigenvalue weighted by Crippen LogP contribution is 2.69. The van der Waals surface area contributed by atoms with E-state index in [1.54, 1.807) is 4.90 Å². The first-order valence-electron chi connectivity index (χ1n) is 9.42. The van der Waals surface area contributed by atoms with E-state index in [0.717, 1.165) is 16.9 Å². The summed E-state index contributed by atoms with van der Waals surface area (Å²) in [4.78, 5) is 18.9. The van der Waals surface area contributed by atoms with Crippen molar-refractivity contribution in [3.05, 3.63) is 35.8 Å². The highest BCUT2D eigenvalue weighted by molar-refractivity contribution is 5.68. The molecule has 3 saturated carbocycles. The maximum atomic E-state index is 13.9. The van der Waals surface area contributed by atoms with Crippen LogP contribution in [0.1, 0.15) is 51.3 Å². The van der Waals surface area contributed by atoms with Crippen molar-refractivity contribution in [3.63, 3.8) is 0 Å². The van der Waals surface area contributed by atoms with Gasteiger partial charge in [0.1, 0.15) is 16.9 Å². The summed E-state index contributed by atoms with van der Waals surface area (Å²) in [6, 6.07) is 3.87. The maximum Gasteiger partial charge on any atom is 0.410 e. The van der Waals surface area contributed by atoms with E-state index in [0.29, 0.717) is 38.9 Å². The summed E-state index contributed by atoms with van der Waals surface area (Å²) < 4.78 is 21.4. The molecule has 2 heterocycles. The SMILES string of the molecule is CC(C)(C)OC(=O)N(Cc1ccc2nc(CN)cn2c1)CC12CC(F)(C1)C2. The smallest absolute Gasteiger partial charge is 0.410 e. The molecule has 0 aliphatic heterocycles. The topological polar surface area (TPSA) is 72.9 Å². The minimum absolute atomic E-state index is 0.0719. The van der Waals surface area contributed by atoms with Gasteiger partial charge in [-0.05, 0) is 57.1 Å². The molecular weight excluding hydrogens is 347 g/mol. The third kappa shape index (κ3) is 3.52. The number of carbonyl (C=O) groups is 1. The number of nitrogens with two attached hydrogens (primary N) is 1. The minimum atomic E-state index is -0.978. The summed E-state index contributed by atoms with van der Waals surface area (Å²) in [5, 5.41) is 0. The van der Waals surface area contributed by atoms with Crippen molar-refractivity contribution in [3.8, 4) is 0 Å². The van der Waals surface area contributed by atoms with Crippen molar-refractivity contribution >= 4 is 11.7 Å². The Morgan fingerprint density at radius 3 is 2.63 bits per heavy atom. The molecule has 6 nitrogen and oxygen atoms in total. The molecule has 0 saturated heterocycles. The number of rotatable bonds is 5. The Kier molecular flexibility index (Phi) is 4.00. The molecule has 2 N–H and O–H groups in total. The van der Waals surface area contributed by atoms with Crippen LogP contribution in [0, 0.1) is 5.41 Å². The first-order valence-corrected chi connectivity index (χ1v) is 9.42. The fourth-order valence-corrected chi connectivity index (χ4v) is 4.45. The fourth-order valence-electron chi connectivity index (χ4n) is 4.45. The lowest BCUT2D eigenvalue weighted by atomic mass is 9.42. The van der Waals surface area contributed by atoms with Gasteiger partial charge in [-0.15, -0.1) is 0 Å². The van der Waals surface area contributed by atoms with Crippen molar-refractivity contribution in [1.29, 1.82) is 0 Å². The van der Waals surface area contributed by atoms with E-state index in [4.69, 9.17) is 10.5 Å². The molecule has 2 bridgehead atoms. The zero-order chi connectivity index (χ0) is 19.4. The van der Waals surface area contributed by atoms with Gasteiger partial charge in [-0.2, -0.15) is 0 Å². The molecule has 5 rings (SSSR count). The molecule has 0 spiro atoms. The van der Waals surface area contributed by atoms with Gasteiger partial charge < -0.3 is 19.8 Å². The minimum Gasteiger partial charge on any atom is -0.444 e. The van der Waals surface area contributed by atoms with Gasteiger partial charge in [0.15, 0.2) is 0 Å². The van der Waals surface area contributed by atoms with Gasteiger partial charge >= 0.3 is 6.09 Å². The average Bonchev–Trinajstić information content (AvgIpc) is 2.92. The van der Waals surface area contributed by atoms with E-state index >= 15 is 0 Å². The van der Waals surface area contributed by atoms with E-state index in [2.05, 4.69) is 4.98 Å². The van der Waals surface area contributed by atoms with E-state index in [9.17, 15) is 9.18 Å². The predicted molar refractivity (Wildman–Crippen MR) is 99.9 cm³/mol. The van der Waals surface area contributed by atoms with Crippen molar-refractivity contribution in [2.24, 2.45) is 11.1 Å². The molecule has 7 heteroatoms. The number of ether oxygens (including phenoxy) is 1. The van der Waals surface area contributed by atoms with Crippen molar-refractivity contribution in [1.82, 2.24) is 14.3 Å². The number of pyridine rings is 1. The van der Waals surface area contributed by atoms with E-state index in [1.807, 2.05) is 49.7 Å². The maximum absolute atomic E-state index is 13.9. The van der Waals surface area contributed by atoms with Crippen LogP contribution in [0.2, 0.25) is 0 Å². The molecule has 0 aromatic carbocycles. The Morgan fingerprint density at radius 1 is 1.33 bits per heavy atom. The van der Waals surface area contributed by atoms with Crippen LogP contribution in [0.4, 0.5) is 9.18 Å². The van der Waals surface area contributed by atoms with Gasteiger partial charge in [0.25, 0.3) is 0 Å². The number of hydrogen-bond donors (Lipinski definition) is 1. The molecule has 0 atom stereocenters. The Morgan fingerprint density at radius 2 is 2.04 bits per heavy atom. The number of amides is 1. The normalized spacial score (nSPS) is 26.4. The van der Waals surface area contributed by atoms with Gasteiger partial charge in [0, 0.05) is 25.5 Å². The number of nitrogens with zero attached hydrogens (tertiary/aromatic N) is 3. The fraction of sp³-hybridized carbons (Fsp3) is 0.600.